The van der Waals surface area contributed by atoms with Crippen molar-refractivity contribution in [2.45, 2.75) is 13.2 Å². The van der Waals surface area contributed by atoms with Crippen LogP contribution < -0.4 is 10.1 Å². The van der Waals surface area contributed by atoms with Crippen molar-refractivity contribution in [3.63, 3.8) is 0 Å². The van der Waals surface area contributed by atoms with Gasteiger partial charge in [-0.25, -0.2) is 9.37 Å². The van der Waals surface area contributed by atoms with Crippen molar-refractivity contribution in [3.05, 3.63) is 58.5 Å². The van der Waals surface area contributed by atoms with E-state index in [2.05, 4.69) is 10.3 Å². The van der Waals surface area contributed by atoms with Crippen molar-refractivity contribution in [1.82, 2.24) is 10.3 Å². The SMILES string of the molecule is CNCc1cc(F)cnc1OCc1cccc(Cl)c1. The molecule has 3 nitrogen and oxygen atoms in total. The summed E-state index contributed by atoms with van der Waals surface area (Å²) in [6, 6.07) is 8.80. The molecular formula is C14H14ClFN2O. The highest BCUT2D eigenvalue weighted by atomic mass is 35.5. The molecule has 19 heavy (non-hydrogen) atoms. The lowest BCUT2D eigenvalue weighted by atomic mass is 10.2. The summed E-state index contributed by atoms with van der Waals surface area (Å²) >= 11 is 5.90. The van der Waals surface area contributed by atoms with E-state index in [1.165, 1.54) is 6.07 Å². The van der Waals surface area contributed by atoms with E-state index in [1.54, 1.807) is 13.1 Å². The maximum Gasteiger partial charge on any atom is 0.218 e. The third-order valence-corrected chi connectivity index (χ3v) is 2.76. The Kier molecular flexibility index (Phi) is 4.71. The molecule has 0 saturated heterocycles. The van der Waals surface area contributed by atoms with Gasteiger partial charge in [-0.2, -0.15) is 0 Å². The van der Waals surface area contributed by atoms with Crippen LogP contribution in [0.25, 0.3) is 0 Å². The molecule has 0 amide bonds. The van der Waals surface area contributed by atoms with Crippen molar-refractivity contribution < 1.29 is 9.13 Å². The summed E-state index contributed by atoms with van der Waals surface area (Å²) in [6.45, 7) is 0.839. The smallest absolute Gasteiger partial charge is 0.218 e. The van der Waals surface area contributed by atoms with E-state index in [1.807, 2.05) is 18.2 Å². The van der Waals surface area contributed by atoms with Crippen molar-refractivity contribution in [2.24, 2.45) is 0 Å². The van der Waals surface area contributed by atoms with Crippen LogP contribution >= 0.6 is 11.6 Å². The van der Waals surface area contributed by atoms with E-state index in [0.29, 0.717) is 29.6 Å². The van der Waals surface area contributed by atoms with Crippen LogP contribution in [-0.2, 0) is 13.2 Å². The molecule has 0 unspecified atom stereocenters. The molecule has 2 aromatic rings. The van der Waals surface area contributed by atoms with Gasteiger partial charge in [-0.3, -0.25) is 0 Å². The molecule has 2 rings (SSSR count). The molecule has 0 aliphatic heterocycles. The molecular weight excluding hydrogens is 267 g/mol. The lowest BCUT2D eigenvalue weighted by Gasteiger charge is -2.10. The number of hydrogen-bond donors (Lipinski definition) is 1. The molecule has 0 aliphatic carbocycles. The van der Waals surface area contributed by atoms with Crippen LogP contribution in [0.2, 0.25) is 5.02 Å². The predicted molar refractivity (Wildman–Crippen MR) is 72.7 cm³/mol. The summed E-state index contributed by atoms with van der Waals surface area (Å²) < 4.78 is 18.7. The molecule has 0 saturated carbocycles. The number of pyridine rings is 1. The Morgan fingerprint density at radius 1 is 1.37 bits per heavy atom. The lowest BCUT2D eigenvalue weighted by molar-refractivity contribution is 0.289. The number of ether oxygens (including phenoxy) is 1. The Bertz CT molecular complexity index is 563. The molecule has 0 spiro atoms. The fraction of sp³-hybridized carbons (Fsp3) is 0.214. The van der Waals surface area contributed by atoms with Gasteiger partial charge in [-0.1, -0.05) is 23.7 Å². The Hall–Kier alpha value is -1.65. The molecule has 1 aromatic carbocycles. The Balaban J connectivity index is 2.10. The molecule has 1 aromatic heterocycles. The average molecular weight is 281 g/mol. The minimum Gasteiger partial charge on any atom is -0.473 e. The zero-order valence-electron chi connectivity index (χ0n) is 10.5. The predicted octanol–water partition coefficient (Wildman–Crippen LogP) is 3.17. The zero-order chi connectivity index (χ0) is 13.7. The van der Waals surface area contributed by atoms with Gasteiger partial charge in [0, 0.05) is 17.1 Å². The standard InChI is InChI=1S/C14H14ClFN2O/c1-17-7-11-6-13(16)8-18-14(11)19-9-10-3-2-4-12(15)5-10/h2-6,8,17H,7,9H2,1H3. The number of aromatic nitrogens is 1. The van der Waals surface area contributed by atoms with E-state index in [-0.39, 0.29) is 5.82 Å². The minimum absolute atomic E-state index is 0.343. The zero-order valence-corrected chi connectivity index (χ0v) is 11.2. The van der Waals surface area contributed by atoms with Crippen LogP contribution in [0, 0.1) is 5.82 Å². The van der Waals surface area contributed by atoms with Gasteiger partial charge in [0.05, 0.1) is 6.20 Å². The highest BCUT2D eigenvalue weighted by molar-refractivity contribution is 6.30. The number of nitrogens with zero attached hydrogens (tertiary/aromatic N) is 1. The van der Waals surface area contributed by atoms with E-state index >= 15 is 0 Å². The number of benzene rings is 1. The van der Waals surface area contributed by atoms with E-state index in [4.69, 9.17) is 16.3 Å². The second-order valence-electron chi connectivity index (χ2n) is 4.07. The van der Waals surface area contributed by atoms with Gasteiger partial charge >= 0.3 is 0 Å². The van der Waals surface area contributed by atoms with Gasteiger partial charge in [0.2, 0.25) is 5.88 Å². The third-order valence-electron chi connectivity index (χ3n) is 2.52. The number of rotatable bonds is 5. The highest BCUT2D eigenvalue weighted by Crippen LogP contribution is 2.18. The first-order chi connectivity index (χ1) is 9.19. The van der Waals surface area contributed by atoms with Gasteiger partial charge in [0.15, 0.2) is 0 Å². The number of hydrogen-bond acceptors (Lipinski definition) is 3. The van der Waals surface area contributed by atoms with Crippen molar-refractivity contribution in [3.8, 4) is 5.88 Å². The molecule has 100 valence electrons. The van der Waals surface area contributed by atoms with Crippen LogP contribution in [-0.4, -0.2) is 12.0 Å². The van der Waals surface area contributed by atoms with Gasteiger partial charge in [0.25, 0.3) is 0 Å². The average Bonchev–Trinajstić information content (AvgIpc) is 2.38. The third kappa shape index (κ3) is 3.91. The van der Waals surface area contributed by atoms with Crippen LogP contribution in [0.15, 0.2) is 36.5 Å². The quantitative estimate of drug-likeness (QED) is 0.913. The van der Waals surface area contributed by atoms with Crippen LogP contribution in [0.5, 0.6) is 5.88 Å². The molecule has 0 fully saturated rings. The summed E-state index contributed by atoms with van der Waals surface area (Å²) in [5, 5.41) is 3.61. The second kappa shape index (κ2) is 6.50. The Morgan fingerprint density at radius 2 is 2.21 bits per heavy atom. The van der Waals surface area contributed by atoms with Gasteiger partial charge in [-0.15, -0.1) is 0 Å². The molecule has 0 radical (unpaired) electrons. The van der Waals surface area contributed by atoms with Crippen LogP contribution in [0.3, 0.4) is 0 Å². The first-order valence-electron chi connectivity index (χ1n) is 5.85. The number of halogens is 2. The van der Waals surface area contributed by atoms with Gasteiger partial charge < -0.3 is 10.1 Å². The molecule has 1 N–H and O–H groups in total. The minimum atomic E-state index is -0.375. The van der Waals surface area contributed by atoms with Gasteiger partial charge in [-0.05, 0) is 30.8 Å². The highest BCUT2D eigenvalue weighted by Gasteiger charge is 2.07. The monoisotopic (exact) mass is 280 g/mol. The maximum atomic E-state index is 13.1. The van der Waals surface area contributed by atoms with Crippen molar-refractivity contribution in [2.75, 3.05) is 7.05 Å². The first kappa shape index (κ1) is 13.8. The number of nitrogens with one attached hydrogen (secondary N) is 1. The van der Waals surface area contributed by atoms with E-state index in [0.717, 1.165) is 11.8 Å². The fourth-order valence-electron chi connectivity index (χ4n) is 1.69. The summed E-state index contributed by atoms with van der Waals surface area (Å²) in [7, 11) is 1.78. The van der Waals surface area contributed by atoms with Crippen LogP contribution in [0.4, 0.5) is 4.39 Å². The normalized spacial score (nSPS) is 10.5. The summed E-state index contributed by atoms with van der Waals surface area (Å²) in [4.78, 5) is 3.96. The van der Waals surface area contributed by atoms with E-state index in [9.17, 15) is 4.39 Å². The van der Waals surface area contributed by atoms with Crippen LogP contribution in [0.1, 0.15) is 11.1 Å². The maximum absolute atomic E-state index is 13.1. The molecule has 0 atom stereocenters. The Morgan fingerprint density at radius 3 is 2.95 bits per heavy atom. The van der Waals surface area contributed by atoms with Crippen molar-refractivity contribution >= 4 is 11.6 Å². The topological polar surface area (TPSA) is 34.2 Å². The summed E-state index contributed by atoms with van der Waals surface area (Å²) in [6.07, 6.45) is 1.15. The molecule has 1 heterocycles. The largest absolute Gasteiger partial charge is 0.473 e. The van der Waals surface area contributed by atoms with E-state index < -0.39 is 0 Å². The fourth-order valence-corrected chi connectivity index (χ4v) is 1.91. The molecule has 0 aliphatic rings. The van der Waals surface area contributed by atoms with Gasteiger partial charge in [0.1, 0.15) is 12.4 Å². The lowest BCUT2D eigenvalue weighted by Crippen LogP contribution is -2.09. The second-order valence-corrected chi connectivity index (χ2v) is 4.50. The molecule has 5 heteroatoms. The summed E-state index contributed by atoms with van der Waals surface area (Å²) in [5.74, 6) is 0.0519. The summed E-state index contributed by atoms with van der Waals surface area (Å²) in [5.41, 5.74) is 1.62. The molecule has 0 bridgehead atoms. The first-order valence-corrected chi connectivity index (χ1v) is 6.23. The van der Waals surface area contributed by atoms with Crippen molar-refractivity contribution in [1.29, 1.82) is 0 Å². The Labute approximate surface area is 116 Å².